The van der Waals surface area contributed by atoms with Crippen LogP contribution in [0.2, 0.25) is 0 Å². The third-order valence-electron chi connectivity index (χ3n) is 4.20. The highest BCUT2D eigenvalue weighted by atomic mass is 19.4. The van der Waals surface area contributed by atoms with Crippen LogP contribution in [0, 0.1) is 17.5 Å². The first-order valence-electron chi connectivity index (χ1n) is 8.36. The van der Waals surface area contributed by atoms with Crippen LogP contribution in [0.3, 0.4) is 0 Å². The Bertz CT molecular complexity index is 893. The van der Waals surface area contributed by atoms with Gasteiger partial charge in [0.05, 0.1) is 6.54 Å². The number of halogens is 6. The molecule has 1 amide bonds. The van der Waals surface area contributed by atoms with Gasteiger partial charge in [0.1, 0.15) is 12.4 Å². The highest BCUT2D eigenvalue weighted by molar-refractivity contribution is 5.76. The molecule has 0 spiro atoms. The lowest BCUT2D eigenvalue weighted by Gasteiger charge is -2.29. The van der Waals surface area contributed by atoms with Gasteiger partial charge in [0.15, 0.2) is 23.2 Å². The van der Waals surface area contributed by atoms with E-state index in [1.54, 1.807) is 0 Å². The van der Waals surface area contributed by atoms with E-state index >= 15 is 0 Å². The van der Waals surface area contributed by atoms with E-state index in [-0.39, 0.29) is 31.9 Å². The van der Waals surface area contributed by atoms with Gasteiger partial charge in [0, 0.05) is 37.7 Å². The topological polar surface area (TPSA) is 86.3 Å². The molecule has 0 radical (unpaired) electrons. The highest BCUT2D eigenvalue weighted by Gasteiger charge is 2.40. The lowest BCUT2D eigenvalue weighted by molar-refractivity contribution is -0.148. The van der Waals surface area contributed by atoms with E-state index < -0.39 is 53.8 Å². The van der Waals surface area contributed by atoms with Crippen molar-refractivity contribution < 1.29 is 35.9 Å². The van der Waals surface area contributed by atoms with Crippen molar-refractivity contribution in [1.82, 2.24) is 19.7 Å². The van der Waals surface area contributed by atoms with Crippen molar-refractivity contribution in [2.24, 2.45) is 5.73 Å². The summed E-state index contributed by atoms with van der Waals surface area (Å²) in [4.78, 5) is 13.6. The average molecular weight is 423 g/mol. The molecular formula is C16H15F6N5O2. The summed E-state index contributed by atoms with van der Waals surface area (Å²) in [5.74, 6) is -6.08. The monoisotopic (exact) mass is 423 g/mol. The highest BCUT2D eigenvalue weighted by Crippen LogP contribution is 2.29. The Kier molecular flexibility index (Phi) is 5.68. The van der Waals surface area contributed by atoms with Crippen LogP contribution in [0.5, 0.6) is 5.75 Å². The van der Waals surface area contributed by atoms with Crippen LogP contribution in [-0.4, -0.2) is 44.8 Å². The van der Waals surface area contributed by atoms with Crippen LogP contribution < -0.4 is 10.5 Å². The number of carbonyl (C=O) groups excluding carboxylic acids is 1. The van der Waals surface area contributed by atoms with Gasteiger partial charge in [0.25, 0.3) is 0 Å². The van der Waals surface area contributed by atoms with Crippen LogP contribution in [0.1, 0.15) is 18.1 Å². The molecule has 29 heavy (non-hydrogen) atoms. The lowest BCUT2D eigenvalue weighted by atomic mass is 10.2. The summed E-state index contributed by atoms with van der Waals surface area (Å²) in [6.45, 7) is -0.771. The second-order valence-electron chi connectivity index (χ2n) is 6.38. The molecule has 0 saturated carbocycles. The first kappa shape index (κ1) is 20.9. The summed E-state index contributed by atoms with van der Waals surface area (Å²) >= 11 is 0. The third kappa shape index (κ3) is 4.60. The first-order chi connectivity index (χ1) is 13.6. The summed E-state index contributed by atoms with van der Waals surface area (Å²) in [7, 11) is 0. The van der Waals surface area contributed by atoms with Crippen LogP contribution in [-0.2, 0) is 24.1 Å². The SMILES string of the molecule is N[C@H](COc1c(F)cc(F)cc1F)CC(=O)N1CCn2c(nnc2C(F)(F)F)C1. The van der Waals surface area contributed by atoms with Gasteiger partial charge in [-0.25, -0.2) is 13.2 Å². The number of nitrogens with zero attached hydrogens (tertiary/aromatic N) is 4. The van der Waals surface area contributed by atoms with E-state index in [2.05, 4.69) is 10.2 Å². The van der Waals surface area contributed by atoms with Gasteiger partial charge < -0.3 is 19.9 Å². The van der Waals surface area contributed by atoms with E-state index in [1.165, 1.54) is 4.90 Å². The molecule has 2 heterocycles. The predicted molar refractivity (Wildman–Crippen MR) is 84.8 cm³/mol. The molecule has 0 unspecified atom stereocenters. The van der Waals surface area contributed by atoms with Gasteiger partial charge in [-0.3, -0.25) is 4.79 Å². The van der Waals surface area contributed by atoms with Gasteiger partial charge in [-0.1, -0.05) is 0 Å². The maximum atomic E-state index is 13.5. The molecule has 1 atom stereocenters. The fraction of sp³-hybridized carbons (Fsp3) is 0.438. The van der Waals surface area contributed by atoms with E-state index in [4.69, 9.17) is 10.5 Å². The summed E-state index contributed by atoms with van der Waals surface area (Å²) < 4.78 is 84.2. The Balaban J connectivity index is 1.56. The number of amides is 1. The van der Waals surface area contributed by atoms with Crippen molar-refractivity contribution in [3.05, 3.63) is 41.2 Å². The predicted octanol–water partition coefficient (Wildman–Crippen LogP) is 1.85. The van der Waals surface area contributed by atoms with Gasteiger partial charge in [-0.05, 0) is 0 Å². The minimum atomic E-state index is -4.65. The number of aromatic nitrogens is 3. The number of nitrogens with two attached hydrogens (primary N) is 1. The number of fused-ring (bicyclic) bond motifs is 1. The molecule has 0 aliphatic carbocycles. The Morgan fingerprint density at radius 2 is 1.83 bits per heavy atom. The van der Waals surface area contributed by atoms with Gasteiger partial charge >= 0.3 is 6.18 Å². The fourth-order valence-corrected chi connectivity index (χ4v) is 2.85. The molecule has 1 aromatic carbocycles. The fourth-order valence-electron chi connectivity index (χ4n) is 2.85. The molecule has 3 rings (SSSR count). The molecule has 7 nitrogen and oxygen atoms in total. The van der Waals surface area contributed by atoms with Crippen molar-refractivity contribution >= 4 is 5.91 Å². The van der Waals surface area contributed by atoms with Crippen molar-refractivity contribution in [3.8, 4) is 5.75 Å². The zero-order chi connectivity index (χ0) is 21.3. The first-order valence-corrected chi connectivity index (χ1v) is 8.36. The van der Waals surface area contributed by atoms with Crippen LogP contribution in [0.15, 0.2) is 12.1 Å². The zero-order valence-electron chi connectivity index (χ0n) is 14.7. The molecule has 2 N–H and O–H groups in total. The molecule has 1 aliphatic rings. The third-order valence-corrected chi connectivity index (χ3v) is 4.20. The quantitative estimate of drug-likeness (QED) is 0.742. The minimum Gasteiger partial charge on any atom is -0.486 e. The molecule has 158 valence electrons. The molecule has 1 aromatic heterocycles. The van der Waals surface area contributed by atoms with Crippen LogP contribution in [0.25, 0.3) is 0 Å². The maximum absolute atomic E-state index is 13.5. The van der Waals surface area contributed by atoms with E-state index in [0.29, 0.717) is 12.1 Å². The maximum Gasteiger partial charge on any atom is 0.451 e. The summed E-state index contributed by atoms with van der Waals surface area (Å²) in [5.41, 5.74) is 5.74. The van der Waals surface area contributed by atoms with E-state index in [9.17, 15) is 31.1 Å². The number of hydrogen-bond donors (Lipinski definition) is 1. The second kappa shape index (κ2) is 7.89. The molecule has 2 aromatic rings. The van der Waals surface area contributed by atoms with Crippen molar-refractivity contribution in [2.45, 2.75) is 31.7 Å². The number of alkyl halides is 3. The standard InChI is InChI=1S/C16H15F6N5O2/c17-8-3-10(18)14(11(19)4-8)29-7-9(23)5-13(28)26-1-2-27-12(6-26)24-25-15(27)16(20,21)22/h3-4,9H,1-2,5-7,23H2/t9-/m0/s1. The Labute approximate surface area is 160 Å². The summed E-state index contributed by atoms with van der Waals surface area (Å²) in [6.07, 6.45) is -4.94. The lowest BCUT2D eigenvalue weighted by Crippen LogP contribution is -2.42. The number of hydrogen-bond acceptors (Lipinski definition) is 5. The van der Waals surface area contributed by atoms with Crippen LogP contribution in [0.4, 0.5) is 26.3 Å². The minimum absolute atomic E-state index is 0.0122. The summed E-state index contributed by atoms with van der Waals surface area (Å²) in [6, 6.07) is -0.0839. The van der Waals surface area contributed by atoms with E-state index in [0.717, 1.165) is 4.57 Å². The average Bonchev–Trinajstić information content (AvgIpc) is 3.04. The van der Waals surface area contributed by atoms with Gasteiger partial charge in [0.2, 0.25) is 11.7 Å². The Hall–Kier alpha value is -2.83. The molecular weight excluding hydrogens is 408 g/mol. The number of ether oxygens (including phenoxy) is 1. The normalized spacial score (nSPS) is 15.2. The van der Waals surface area contributed by atoms with Crippen molar-refractivity contribution in [2.75, 3.05) is 13.2 Å². The summed E-state index contributed by atoms with van der Waals surface area (Å²) in [5, 5.41) is 6.58. The number of rotatable bonds is 5. The molecule has 13 heteroatoms. The molecule has 0 saturated heterocycles. The van der Waals surface area contributed by atoms with Gasteiger partial charge in [-0.15, -0.1) is 10.2 Å². The Morgan fingerprint density at radius 3 is 2.45 bits per heavy atom. The molecule has 0 fully saturated rings. The smallest absolute Gasteiger partial charge is 0.451 e. The van der Waals surface area contributed by atoms with Crippen LogP contribution >= 0.6 is 0 Å². The number of benzene rings is 1. The van der Waals surface area contributed by atoms with Crippen molar-refractivity contribution in [1.29, 1.82) is 0 Å². The van der Waals surface area contributed by atoms with Crippen molar-refractivity contribution in [3.63, 3.8) is 0 Å². The number of carbonyl (C=O) groups is 1. The molecule has 0 bridgehead atoms. The van der Waals surface area contributed by atoms with E-state index in [1.807, 2.05) is 0 Å². The Morgan fingerprint density at radius 1 is 1.17 bits per heavy atom. The largest absolute Gasteiger partial charge is 0.486 e. The second-order valence-corrected chi connectivity index (χ2v) is 6.38. The van der Waals surface area contributed by atoms with Gasteiger partial charge in [-0.2, -0.15) is 13.2 Å². The molecule has 1 aliphatic heterocycles. The zero-order valence-corrected chi connectivity index (χ0v) is 14.7.